The fourth-order valence-electron chi connectivity index (χ4n) is 2.08. The minimum absolute atomic E-state index is 0.0221. The van der Waals surface area contributed by atoms with E-state index >= 15 is 0 Å². The fourth-order valence-corrected chi connectivity index (χ4v) is 2.08. The van der Waals surface area contributed by atoms with Gasteiger partial charge in [-0.15, -0.1) is 0 Å². The highest BCUT2D eigenvalue weighted by molar-refractivity contribution is 5.77. The number of hydrogen-bond donors (Lipinski definition) is 2. The van der Waals surface area contributed by atoms with E-state index in [-0.39, 0.29) is 12.5 Å². The van der Waals surface area contributed by atoms with Crippen molar-refractivity contribution in [2.45, 2.75) is 39.2 Å². The van der Waals surface area contributed by atoms with E-state index in [2.05, 4.69) is 19.2 Å². The zero-order chi connectivity index (χ0) is 11.3. The smallest absolute Gasteiger partial charge is 0.246 e. The summed E-state index contributed by atoms with van der Waals surface area (Å²) >= 11 is 0. The van der Waals surface area contributed by atoms with Crippen molar-refractivity contribution in [2.75, 3.05) is 19.8 Å². The van der Waals surface area contributed by atoms with Gasteiger partial charge in [-0.2, -0.15) is 0 Å². The summed E-state index contributed by atoms with van der Waals surface area (Å²) in [6, 6.07) is 0.328. The molecule has 0 saturated heterocycles. The monoisotopic (exact) mass is 214 g/mol. The molecule has 0 aromatic rings. The summed E-state index contributed by atoms with van der Waals surface area (Å²) in [5.41, 5.74) is 5.63. The molecule has 4 nitrogen and oxygen atoms in total. The van der Waals surface area contributed by atoms with Crippen LogP contribution in [0.15, 0.2) is 0 Å². The lowest BCUT2D eigenvalue weighted by molar-refractivity contribution is -0.126. The van der Waals surface area contributed by atoms with Crippen LogP contribution >= 0.6 is 0 Å². The van der Waals surface area contributed by atoms with E-state index in [9.17, 15) is 4.79 Å². The molecule has 0 aromatic carbocycles. The normalized spacial score (nSPS) is 24.1. The Kier molecular flexibility index (Phi) is 4.54. The minimum atomic E-state index is -0.0221. The van der Waals surface area contributed by atoms with Gasteiger partial charge >= 0.3 is 0 Å². The summed E-state index contributed by atoms with van der Waals surface area (Å²) in [4.78, 5) is 11.4. The Hall–Kier alpha value is -0.610. The Morgan fingerprint density at radius 2 is 2.33 bits per heavy atom. The molecule has 1 amide bonds. The van der Waals surface area contributed by atoms with Crippen molar-refractivity contribution < 1.29 is 9.53 Å². The standard InChI is InChI=1S/C11H22N2O2/c1-11(2)4-3-9(7-11)13-10(14)8-15-6-5-12/h9H,3-8,12H2,1-2H3,(H,13,14). The van der Waals surface area contributed by atoms with Crippen LogP contribution in [0.5, 0.6) is 0 Å². The maximum atomic E-state index is 11.4. The molecule has 1 aliphatic carbocycles. The summed E-state index contributed by atoms with van der Waals surface area (Å²) in [7, 11) is 0. The van der Waals surface area contributed by atoms with Gasteiger partial charge in [-0.3, -0.25) is 4.79 Å². The highest BCUT2D eigenvalue weighted by Gasteiger charge is 2.31. The van der Waals surface area contributed by atoms with E-state index in [1.165, 1.54) is 6.42 Å². The van der Waals surface area contributed by atoms with Crippen molar-refractivity contribution in [3.05, 3.63) is 0 Å². The molecule has 0 bridgehead atoms. The van der Waals surface area contributed by atoms with E-state index in [4.69, 9.17) is 10.5 Å². The molecule has 15 heavy (non-hydrogen) atoms. The minimum Gasteiger partial charge on any atom is -0.370 e. The van der Waals surface area contributed by atoms with Gasteiger partial charge in [0.25, 0.3) is 0 Å². The number of hydrogen-bond acceptors (Lipinski definition) is 3. The molecule has 0 aliphatic heterocycles. The number of ether oxygens (including phenoxy) is 1. The lowest BCUT2D eigenvalue weighted by Gasteiger charge is -2.17. The summed E-state index contributed by atoms with van der Waals surface area (Å²) < 4.78 is 5.07. The highest BCUT2D eigenvalue weighted by atomic mass is 16.5. The first-order chi connectivity index (χ1) is 7.03. The van der Waals surface area contributed by atoms with Gasteiger partial charge in [0, 0.05) is 12.6 Å². The Morgan fingerprint density at radius 1 is 1.60 bits per heavy atom. The summed E-state index contributed by atoms with van der Waals surface area (Å²) in [6.07, 6.45) is 3.33. The van der Waals surface area contributed by atoms with Crippen molar-refractivity contribution in [2.24, 2.45) is 11.1 Å². The molecule has 3 N–H and O–H groups in total. The van der Waals surface area contributed by atoms with E-state index in [1.54, 1.807) is 0 Å². The second-order valence-electron chi connectivity index (χ2n) is 5.01. The van der Waals surface area contributed by atoms with Gasteiger partial charge in [0.1, 0.15) is 6.61 Å². The summed E-state index contributed by atoms with van der Waals surface area (Å²) in [6.45, 7) is 5.52. The largest absolute Gasteiger partial charge is 0.370 e. The van der Waals surface area contributed by atoms with Crippen LogP contribution in [0.1, 0.15) is 33.1 Å². The zero-order valence-electron chi connectivity index (χ0n) is 9.71. The van der Waals surface area contributed by atoms with Gasteiger partial charge in [-0.1, -0.05) is 13.8 Å². The Labute approximate surface area is 91.5 Å². The van der Waals surface area contributed by atoms with Crippen LogP contribution in [0, 0.1) is 5.41 Å². The maximum Gasteiger partial charge on any atom is 0.246 e. The number of nitrogens with one attached hydrogen (secondary N) is 1. The van der Waals surface area contributed by atoms with Gasteiger partial charge in [-0.05, 0) is 24.7 Å². The third kappa shape index (κ3) is 4.62. The van der Waals surface area contributed by atoms with Crippen LogP contribution in [0.4, 0.5) is 0 Å². The van der Waals surface area contributed by atoms with Crippen molar-refractivity contribution in [1.29, 1.82) is 0 Å². The number of carbonyl (C=O) groups excluding carboxylic acids is 1. The van der Waals surface area contributed by atoms with E-state index in [1.807, 2.05) is 0 Å². The molecule has 0 aromatic heterocycles. The van der Waals surface area contributed by atoms with Gasteiger partial charge in [-0.25, -0.2) is 0 Å². The average molecular weight is 214 g/mol. The van der Waals surface area contributed by atoms with Gasteiger partial charge in [0.15, 0.2) is 0 Å². The summed E-state index contributed by atoms with van der Waals surface area (Å²) in [5.74, 6) is -0.0221. The summed E-state index contributed by atoms with van der Waals surface area (Å²) in [5, 5.41) is 2.99. The molecule has 1 saturated carbocycles. The zero-order valence-corrected chi connectivity index (χ0v) is 9.71. The molecular weight excluding hydrogens is 192 g/mol. The number of carbonyl (C=O) groups is 1. The second-order valence-corrected chi connectivity index (χ2v) is 5.01. The molecule has 1 fully saturated rings. The lowest BCUT2D eigenvalue weighted by Crippen LogP contribution is -2.36. The molecule has 0 spiro atoms. The molecular formula is C11H22N2O2. The van der Waals surface area contributed by atoms with Crippen LogP contribution in [-0.2, 0) is 9.53 Å². The lowest BCUT2D eigenvalue weighted by atomic mass is 9.92. The number of rotatable bonds is 5. The Balaban J connectivity index is 2.16. The quantitative estimate of drug-likeness (QED) is 0.661. The van der Waals surface area contributed by atoms with Crippen molar-refractivity contribution in [3.8, 4) is 0 Å². The topological polar surface area (TPSA) is 64.3 Å². The van der Waals surface area contributed by atoms with Gasteiger partial charge < -0.3 is 15.8 Å². The van der Waals surface area contributed by atoms with Crippen LogP contribution in [0.3, 0.4) is 0 Å². The molecule has 1 unspecified atom stereocenters. The van der Waals surface area contributed by atoms with Crippen molar-refractivity contribution in [3.63, 3.8) is 0 Å². The first-order valence-corrected chi connectivity index (χ1v) is 5.61. The maximum absolute atomic E-state index is 11.4. The number of amides is 1. The third-order valence-corrected chi connectivity index (χ3v) is 2.83. The van der Waals surface area contributed by atoms with Crippen LogP contribution in [0.25, 0.3) is 0 Å². The number of nitrogens with two attached hydrogens (primary N) is 1. The second kappa shape index (κ2) is 5.47. The third-order valence-electron chi connectivity index (χ3n) is 2.83. The van der Waals surface area contributed by atoms with E-state index in [0.717, 1.165) is 12.8 Å². The van der Waals surface area contributed by atoms with Gasteiger partial charge in [0.05, 0.1) is 6.61 Å². The average Bonchev–Trinajstić information content (AvgIpc) is 2.46. The Morgan fingerprint density at radius 3 is 2.87 bits per heavy atom. The molecule has 0 heterocycles. The molecule has 0 radical (unpaired) electrons. The fraction of sp³-hybridized carbons (Fsp3) is 0.909. The highest BCUT2D eigenvalue weighted by Crippen LogP contribution is 2.36. The van der Waals surface area contributed by atoms with Crippen LogP contribution in [-0.4, -0.2) is 31.7 Å². The van der Waals surface area contributed by atoms with Gasteiger partial charge in [0.2, 0.25) is 5.91 Å². The predicted molar refractivity (Wildman–Crippen MR) is 59.4 cm³/mol. The van der Waals surface area contributed by atoms with Crippen LogP contribution in [0.2, 0.25) is 0 Å². The van der Waals surface area contributed by atoms with Crippen molar-refractivity contribution in [1.82, 2.24) is 5.32 Å². The predicted octanol–water partition coefficient (Wildman–Crippen LogP) is 0.657. The van der Waals surface area contributed by atoms with Crippen molar-refractivity contribution >= 4 is 5.91 Å². The molecule has 1 aliphatic rings. The molecule has 4 heteroatoms. The van der Waals surface area contributed by atoms with E-state index in [0.29, 0.717) is 24.6 Å². The molecule has 88 valence electrons. The van der Waals surface area contributed by atoms with Crippen LogP contribution < -0.4 is 11.1 Å². The SMILES string of the molecule is CC1(C)CCC(NC(=O)COCCN)C1. The van der Waals surface area contributed by atoms with E-state index < -0.39 is 0 Å². The molecule has 1 atom stereocenters. The Bertz CT molecular complexity index is 217. The first kappa shape index (κ1) is 12.5. The first-order valence-electron chi connectivity index (χ1n) is 5.61. The molecule has 1 rings (SSSR count).